The summed E-state index contributed by atoms with van der Waals surface area (Å²) in [7, 11) is 0. The van der Waals surface area contributed by atoms with Crippen molar-refractivity contribution in [2.24, 2.45) is 0 Å². The van der Waals surface area contributed by atoms with E-state index in [2.05, 4.69) is 15.9 Å². The van der Waals surface area contributed by atoms with E-state index in [1.165, 1.54) is 0 Å². The molecule has 0 aliphatic carbocycles. The minimum atomic E-state index is -0.543. The summed E-state index contributed by atoms with van der Waals surface area (Å²) in [5, 5.41) is 9.59. The van der Waals surface area contributed by atoms with Crippen LogP contribution in [0.1, 0.15) is 37.0 Å². The number of aromatic hydroxyl groups is 1. The first-order valence-electron chi connectivity index (χ1n) is 5.46. The van der Waals surface area contributed by atoms with E-state index in [1.54, 1.807) is 6.07 Å². The SMILES string of the molecule is CCc1cc(Br)c(O)c(F)c1C1CCCO1. The Morgan fingerprint density at radius 2 is 2.38 bits per heavy atom. The largest absolute Gasteiger partial charge is 0.504 e. The summed E-state index contributed by atoms with van der Waals surface area (Å²) < 4.78 is 19.9. The molecule has 0 aromatic heterocycles. The van der Waals surface area contributed by atoms with E-state index < -0.39 is 5.82 Å². The first kappa shape index (κ1) is 11.9. The standard InChI is InChI=1S/C12H14BrFO2/c1-2-7-6-8(13)12(15)11(14)10(7)9-4-3-5-16-9/h6,9,15H,2-5H2,1H3. The minimum Gasteiger partial charge on any atom is -0.504 e. The van der Waals surface area contributed by atoms with Gasteiger partial charge in [0.25, 0.3) is 0 Å². The van der Waals surface area contributed by atoms with Crippen molar-refractivity contribution in [3.63, 3.8) is 0 Å². The predicted molar refractivity (Wildman–Crippen MR) is 63.1 cm³/mol. The molecule has 1 saturated heterocycles. The zero-order valence-corrected chi connectivity index (χ0v) is 10.7. The van der Waals surface area contributed by atoms with Gasteiger partial charge in [0, 0.05) is 12.2 Å². The van der Waals surface area contributed by atoms with Crippen LogP contribution < -0.4 is 0 Å². The molecule has 1 heterocycles. The third kappa shape index (κ3) is 1.96. The Morgan fingerprint density at radius 3 is 2.94 bits per heavy atom. The molecule has 1 aromatic rings. The quantitative estimate of drug-likeness (QED) is 0.899. The third-order valence-corrected chi connectivity index (χ3v) is 3.55. The summed E-state index contributed by atoms with van der Waals surface area (Å²) in [4.78, 5) is 0. The molecular weight excluding hydrogens is 275 g/mol. The highest BCUT2D eigenvalue weighted by Gasteiger charge is 2.26. The lowest BCUT2D eigenvalue weighted by Crippen LogP contribution is -2.05. The Labute approximate surface area is 103 Å². The number of hydrogen-bond donors (Lipinski definition) is 1. The molecule has 2 rings (SSSR count). The monoisotopic (exact) mass is 288 g/mol. The highest BCUT2D eigenvalue weighted by molar-refractivity contribution is 9.10. The summed E-state index contributed by atoms with van der Waals surface area (Å²) in [6.07, 6.45) is 2.30. The molecular formula is C12H14BrFO2. The van der Waals surface area contributed by atoms with Crippen molar-refractivity contribution in [3.05, 3.63) is 27.5 Å². The average Bonchev–Trinajstić information content (AvgIpc) is 2.78. The van der Waals surface area contributed by atoms with Gasteiger partial charge in [-0.05, 0) is 46.8 Å². The normalized spacial score (nSPS) is 20.3. The summed E-state index contributed by atoms with van der Waals surface area (Å²) in [5.41, 5.74) is 1.43. The van der Waals surface area contributed by atoms with E-state index in [1.807, 2.05) is 6.92 Å². The van der Waals surface area contributed by atoms with Gasteiger partial charge in [0.15, 0.2) is 11.6 Å². The number of aryl methyl sites for hydroxylation is 1. The molecule has 4 heteroatoms. The smallest absolute Gasteiger partial charge is 0.172 e. The van der Waals surface area contributed by atoms with Gasteiger partial charge < -0.3 is 9.84 Å². The lowest BCUT2D eigenvalue weighted by molar-refractivity contribution is 0.107. The third-order valence-electron chi connectivity index (χ3n) is 2.95. The number of phenols is 1. The van der Waals surface area contributed by atoms with E-state index >= 15 is 0 Å². The second-order valence-electron chi connectivity index (χ2n) is 3.95. The average molecular weight is 289 g/mol. The first-order valence-corrected chi connectivity index (χ1v) is 6.25. The molecule has 1 aliphatic rings. The van der Waals surface area contributed by atoms with Crippen LogP contribution in [0.25, 0.3) is 0 Å². The zero-order chi connectivity index (χ0) is 11.7. The van der Waals surface area contributed by atoms with Crippen molar-refractivity contribution >= 4 is 15.9 Å². The molecule has 1 N–H and O–H groups in total. The first-order chi connectivity index (χ1) is 7.65. The Bertz CT molecular complexity index is 400. The second-order valence-corrected chi connectivity index (χ2v) is 4.80. The maximum atomic E-state index is 14.0. The lowest BCUT2D eigenvalue weighted by atomic mass is 9.97. The van der Waals surface area contributed by atoms with Crippen LogP contribution in [0.3, 0.4) is 0 Å². The summed E-state index contributed by atoms with van der Waals surface area (Å²) >= 11 is 3.15. The molecule has 1 aromatic carbocycles. The van der Waals surface area contributed by atoms with Gasteiger partial charge in [-0.1, -0.05) is 6.92 Å². The fraction of sp³-hybridized carbons (Fsp3) is 0.500. The maximum absolute atomic E-state index is 14.0. The Hall–Kier alpha value is -0.610. The Morgan fingerprint density at radius 1 is 1.62 bits per heavy atom. The predicted octanol–water partition coefficient (Wildman–Crippen LogP) is 3.71. The number of ether oxygens (including phenoxy) is 1. The van der Waals surface area contributed by atoms with Crippen LogP contribution in [-0.2, 0) is 11.2 Å². The topological polar surface area (TPSA) is 29.5 Å². The molecule has 88 valence electrons. The van der Waals surface area contributed by atoms with E-state index in [9.17, 15) is 9.50 Å². The summed E-state index contributed by atoms with van der Waals surface area (Å²) in [5.74, 6) is -0.860. The molecule has 1 unspecified atom stereocenters. The Kier molecular flexibility index (Phi) is 3.50. The summed E-state index contributed by atoms with van der Waals surface area (Å²) in [6, 6.07) is 1.77. The molecule has 0 bridgehead atoms. The fourth-order valence-electron chi connectivity index (χ4n) is 2.12. The minimum absolute atomic E-state index is 0.200. The number of benzene rings is 1. The molecule has 1 atom stereocenters. The molecule has 0 amide bonds. The molecule has 0 saturated carbocycles. The van der Waals surface area contributed by atoms with Crippen molar-refractivity contribution in [2.75, 3.05) is 6.61 Å². The van der Waals surface area contributed by atoms with E-state index in [0.717, 1.165) is 24.8 Å². The van der Waals surface area contributed by atoms with Crippen LogP contribution in [0, 0.1) is 5.82 Å². The van der Waals surface area contributed by atoms with Crippen LogP contribution in [0.5, 0.6) is 5.75 Å². The van der Waals surface area contributed by atoms with Crippen molar-refractivity contribution in [2.45, 2.75) is 32.3 Å². The van der Waals surface area contributed by atoms with Gasteiger partial charge in [0.2, 0.25) is 0 Å². The van der Waals surface area contributed by atoms with E-state index in [-0.39, 0.29) is 11.9 Å². The second kappa shape index (κ2) is 4.72. The molecule has 1 aliphatic heterocycles. The van der Waals surface area contributed by atoms with Crippen LogP contribution >= 0.6 is 15.9 Å². The highest BCUT2D eigenvalue weighted by Crippen LogP contribution is 2.39. The van der Waals surface area contributed by atoms with Gasteiger partial charge >= 0.3 is 0 Å². The molecule has 16 heavy (non-hydrogen) atoms. The molecule has 1 fully saturated rings. The van der Waals surface area contributed by atoms with E-state index in [4.69, 9.17) is 4.74 Å². The molecule has 0 spiro atoms. The Balaban J connectivity index is 2.52. The number of halogens is 2. The molecule has 0 radical (unpaired) electrons. The van der Waals surface area contributed by atoms with Gasteiger partial charge in [-0.15, -0.1) is 0 Å². The van der Waals surface area contributed by atoms with Gasteiger partial charge in [-0.25, -0.2) is 4.39 Å². The number of rotatable bonds is 2. The van der Waals surface area contributed by atoms with Crippen LogP contribution in [-0.4, -0.2) is 11.7 Å². The zero-order valence-electron chi connectivity index (χ0n) is 9.09. The van der Waals surface area contributed by atoms with E-state index in [0.29, 0.717) is 16.6 Å². The lowest BCUT2D eigenvalue weighted by Gasteiger charge is -2.17. The van der Waals surface area contributed by atoms with Crippen LogP contribution in [0.4, 0.5) is 4.39 Å². The van der Waals surface area contributed by atoms with Gasteiger partial charge in [-0.2, -0.15) is 0 Å². The van der Waals surface area contributed by atoms with Crippen molar-refractivity contribution in [1.82, 2.24) is 0 Å². The molecule has 2 nitrogen and oxygen atoms in total. The van der Waals surface area contributed by atoms with Crippen molar-refractivity contribution < 1.29 is 14.2 Å². The maximum Gasteiger partial charge on any atom is 0.172 e. The van der Waals surface area contributed by atoms with Crippen LogP contribution in [0.15, 0.2) is 10.5 Å². The van der Waals surface area contributed by atoms with Crippen molar-refractivity contribution in [1.29, 1.82) is 0 Å². The number of hydrogen-bond acceptors (Lipinski definition) is 2. The summed E-state index contributed by atoms with van der Waals surface area (Å²) in [6.45, 7) is 2.64. The fourth-order valence-corrected chi connectivity index (χ4v) is 2.57. The number of phenolic OH excluding ortho intramolecular Hbond substituents is 1. The van der Waals surface area contributed by atoms with Gasteiger partial charge in [-0.3, -0.25) is 0 Å². The highest BCUT2D eigenvalue weighted by atomic mass is 79.9. The van der Waals surface area contributed by atoms with Gasteiger partial charge in [0.1, 0.15) is 0 Å². The van der Waals surface area contributed by atoms with Crippen molar-refractivity contribution in [3.8, 4) is 5.75 Å². The van der Waals surface area contributed by atoms with Crippen LogP contribution in [0.2, 0.25) is 0 Å². The van der Waals surface area contributed by atoms with Gasteiger partial charge in [0.05, 0.1) is 10.6 Å².